The van der Waals surface area contributed by atoms with Gasteiger partial charge in [-0.2, -0.15) is 0 Å². The average molecular weight is 284 g/mol. The van der Waals surface area contributed by atoms with Gasteiger partial charge in [-0.25, -0.2) is 0 Å². The number of benzene rings is 2. The number of ether oxygens (including phenoxy) is 1. The molecule has 0 saturated heterocycles. The molecule has 1 atom stereocenters. The molecular formula is C18H24N2O. The third-order valence-corrected chi connectivity index (χ3v) is 3.37. The summed E-state index contributed by atoms with van der Waals surface area (Å²) in [7, 11) is 1.69. The lowest BCUT2D eigenvalue weighted by molar-refractivity contribution is 0.148. The van der Waals surface area contributed by atoms with E-state index in [1.165, 1.54) is 11.1 Å². The van der Waals surface area contributed by atoms with E-state index < -0.39 is 0 Å². The van der Waals surface area contributed by atoms with Gasteiger partial charge in [0.05, 0.1) is 6.61 Å². The van der Waals surface area contributed by atoms with Gasteiger partial charge in [0.15, 0.2) is 0 Å². The Labute approximate surface area is 127 Å². The fraction of sp³-hybridized carbons (Fsp3) is 0.333. The Hall–Kier alpha value is -1.68. The molecule has 21 heavy (non-hydrogen) atoms. The molecule has 0 aliphatic heterocycles. The fourth-order valence-electron chi connectivity index (χ4n) is 2.47. The van der Waals surface area contributed by atoms with Crippen LogP contribution in [-0.2, 0) is 17.8 Å². The van der Waals surface area contributed by atoms with Crippen LogP contribution in [0.3, 0.4) is 0 Å². The first kappa shape index (κ1) is 15.7. The maximum absolute atomic E-state index is 6.13. The summed E-state index contributed by atoms with van der Waals surface area (Å²) in [6.07, 6.45) is 0. The molecule has 3 nitrogen and oxygen atoms in total. The van der Waals surface area contributed by atoms with Crippen molar-refractivity contribution in [1.29, 1.82) is 0 Å². The topological polar surface area (TPSA) is 38.5 Å². The molecule has 0 radical (unpaired) electrons. The van der Waals surface area contributed by atoms with Crippen LogP contribution >= 0.6 is 0 Å². The molecule has 0 spiro atoms. The van der Waals surface area contributed by atoms with Crippen molar-refractivity contribution in [3.05, 3.63) is 71.8 Å². The summed E-state index contributed by atoms with van der Waals surface area (Å²) in [5.41, 5.74) is 8.73. The number of nitrogens with zero attached hydrogens (tertiary/aromatic N) is 1. The molecule has 3 heteroatoms. The van der Waals surface area contributed by atoms with Crippen LogP contribution in [0.4, 0.5) is 0 Å². The second kappa shape index (κ2) is 8.57. The SMILES string of the molecule is COCC(N)CN(Cc1ccccc1)Cc1ccccc1. The first-order valence-electron chi connectivity index (χ1n) is 7.32. The van der Waals surface area contributed by atoms with E-state index in [0.717, 1.165) is 19.6 Å². The van der Waals surface area contributed by atoms with Crippen molar-refractivity contribution in [1.82, 2.24) is 4.90 Å². The van der Waals surface area contributed by atoms with Crippen molar-refractivity contribution in [2.45, 2.75) is 19.1 Å². The van der Waals surface area contributed by atoms with Crippen LogP contribution in [0.2, 0.25) is 0 Å². The number of hydrogen-bond acceptors (Lipinski definition) is 3. The molecule has 0 fully saturated rings. The average Bonchev–Trinajstić information content (AvgIpc) is 2.49. The number of methoxy groups -OCH3 is 1. The molecule has 112 valence electrons. The van der Waals surface area contributed by atoms with Crippen LogP contribution < -0.4 is 5.73 Å². The predicted molar refractivity (Wildman–Crippen MR) is 86.8 cm³/mol. The maximum atomic E-state index is 6.13. The van der Waals surface area contributed by atoms with E-state index in [-0.39, 0.29) is 6.04 Å². The van der Waals surface area contributed by atoms with Crippen LogP contribution in [0.1, 0.15) is 11.1 Å². The first-order valence-corrected chi connectivity index (χ1v) is 7.32. The molecule has 2 rings (SSSR count). The second-order valence-corrected chi connectivity index (χ2v) is 5.36. The highest BCUT2D eigenvalue weighted by Crippen LogP contribution is 2.10. The van der Waals surface area contributed by atoms with E-state index in [1.807, 2.05) is 12.1 Å². The van der Waals surface area contributed by atoms with Crippen molar-refractivity contribution in [3.8, 4) is 0 Å². The van der Waals surface area contributed by atoms with Gasteiger partial charge in [-0.15, -0.1) is 0 Å². The lowest BCUT2D eigenvalue weighted by Gasteiger charge is -2.25. The zero-order valence-corrected chi connectivity index (χ0v) is 12.6. The molecule has 2 N–H and O–H groups in total. The lowest BCUT2D eigenvalue weighted by Crippen LogP contribution is -2.39. The molecule has 0 heterocycles. The highest BCUT2D eigenvalue weighted by Gasteiger charge is 2.12. The molecule has 2 aromatic rings. The van der Waals surface area contributed by atoms with Crippen LogP contribution in [-0.4, -0.2) is 31.2 Å². The molecule has 1 unspecified atom stereocenters. The Balaban J connectivity index is 2.02. The molecule has 0 bridgehead atoms. The maximum Gasteiger partial charge on any atom is 0.0626 e. The van der Waals surface area contributed by atoms with Crippen molar-refractivity contribution in [3.63, 3.8) is 0 Å². The largest absolute Gasteiger partial charge is 0.383 e. The lowest BCUT2D eigenvalue weighted by atomic mass is 10.1. The molecule has 0 aromatic heterocycles. The van der Waals surface area contributed by atoms with Gasteiger partial charge < -0.3 is 10.5 Å². The monoisotopic (exact) mass is 284 g/mol. The van der Waals surface area contributed by atoms with Crippen LogP contribution in [0, 0.1) is 0 Å². The van der Waals surface area contributed by atoms with Crippen LogP contribution in [0.5, 0.6) is 0 Å². The third-order valence-electron chi connectivity index (χ3n) is 3.37. The predicted octanol–water partition coefficient (Wildman–Crippen LogP) is 2.66. The van der Waals surface area contributed by atoms with E-state index in [9.17, 15) is 0 Å². The van der Waals surface area contributed by atoms with E-state index in [4.69, 9.17) is 10.5 Å². The minimum atomic E-state index is 0.0300. The molecule has 0 saturated carbocycles. The summed E-state index contributed by atoms with van der Waals surface area (Å²) >= 11 is 0. The number of rotatable bonds is 8. The van der Waals surface area contributed by atoms with Gasteiger partial charge in [0.2, 0.25) is 0 Å². The number of nitrogens with two attached hydrogens (primary N) is 1. The fourth-order valence-corrected chi connectivity index (χ4v) is 2.47. The minimum Gasteiger partial charge on any atom is -0.383 e. The van der Waals surface area contributed by atoms with Crippen molar-refractivity contribution >= 4 is 0 Å². The van der Waals surface area contributed by atoms with Gasteiger partial charge in [-0.1, -0.05) is 60.7 Å². The molecule has 0 aliphatic carbocycles. The van der Waals surface area contributed by atoms with Gasteiger partial charge in [0.1, 0.15) is 0 Å². The summed E-state index contributed by atoms with van der Waals surface area (Å²) in [5.74, 6) is 0. The Morgan fingerprint density at radius 3 is 1.81 bits per heavy atom. The van der Waals surface area contributed by atoms with E-state index in [0.29, 0.717) is 6.61 Å². The Morgan fingerprint density at radius 1 is 0.905 bits per heavy atom. The van der Waals surface area contributed by atoms with Gasteiger partial charge in [-0.05, 0) is 11.1 Å². The zero-order valence-electron chi connectivity index (χ0n) is 12.6. The molecule has 0 amide bonds. The third kappa shape index (κ3) is 5.68. The number of hydrogen-bond donors (Lipinski definition) is 1. The van der Waals surface area contributed by atoms with Gasteiger partial charge in [-0.3, -0.25) is 4.90 Å². The summed E-state index contributed by atoms with van der Waals surface area (Å²) < 4.78 is 5.15. The van der Waals surface area contributed by atoms with Crippen LogP contribution in [0.15, 0.2) is 60.7 Å². The molecule has 2 aromatic carbocycles. The quantitative estimate of drug-likeness (QED) is 0.810. The first-order chi connectivity index (χ1) is 10.3. The second-order valence-electron chi connectivity index (χ2n) is 5.36. The Bertz CT molecular complexity index is 460. The molecular weight excluding hydrogens is 260 g/mol. The minimum absolute atomic E-state index is 0.0300. The van der Waals surface area contributed by atoms with Gasteiger partial charge in [0.25, 0.3) is 0 Å². The van der Waals surface area contributed by atoms with Crippen molar-refractivity contribution in [2.24, 2.45) is 5.73 Å². The normalized spacial score (nSPS) is 12.5. The standard InChI is InChI=1S/C18H24N2O/c1-21-15-18(19)14-20(12-16-8-4-2-5-9-16)13-17-10-6-3-7-11-17/h2-11,18H,12-15,19H2,1H3. The van der Waals surface area contributed by atoms with Crippen LogP contribution in [0.25, 0.3) is 0 Å². The van der Waals surface area contributed by atoms with Gasteiger partial charge in [0, 0.05) is 32.8 Å². The molecule has 0 aliphatic rings. The van der Waals surface area contributed by atoms with Crippen molar-refractivity contribution in [2.75, 3.05) is 20.3 Å². The highest BCUT2D eigenvalue weighted by molar-refractivity contribution is 5.17. The Kier molecular flexibility index (Phi) is 6.41. The highest BCUT2D eigenvalue weighted by atomic mass is 16.5. The summed E-state index contributed by atoms with van der Waals surface area (Å²) in [6, 6.07) is 21.0. The van der Waals surface area contributed by atoms with Gasteiger partial charge >= 0.3 is 0 Å². The smallest absolute Gasteiger partial charge is 0.0626 e. The summed E-state index contributed by atoms with van der Waals surface area (Å²) in [4.78, 5) is 2.37. The summed E-state index contributed by atoms with van der Waals surface area (Å²) in [5, 5.41) is 0. The Morgan fingerprint density at radius 2 is 1.38 bits per heavy atom. The summed E-state index contributed by atoms with van der Waals surface area (Å²) in [6.45, 7) is 3.19. The van der Waals surface area contributed by atoms with E-state index in [1.54, 1.807) is 7.11 Å². The zero-order chi connectivity index (χ0) is 14.9. The van der Waals surface area contributed by atoms with Crippen molar-refractivity contribution < 1.29 is 4.74 Å². The van der Waals surface area contributed by atoms with E-state index >= 15 is 0 Å². The van der Waals surface area contributed by atoms with E-state index in [2.05, 4.69) is 53.4 Å².